The average Bonchev–Trinajstić information content (AvgIpc) is 3.11. The van der Waals surface area contributed by atoms with E-state index < -0.39 is 5.60 Å². The predicted octanol–water partition coefficient (Wildman–Crippen LogP) is 4.21. The molecule has 0 spiro atoms. The molecule has 1 saturated heterocycles. The fourth-order valence-electron chi connectivity index (χ4n) is 3.82. The van der Waals surface area contributed by atoms with Gasteiger partial charge in [0.15, 0.2) is 0 Å². The number of ether oxygens (including phenoxy) is 1. The Morgan fingerprint density at radius 3 is 2.67 bits per heavy atom. The van der Waals surface area contributed by atoms with E-state index in [0.29, 0.717) is 30.8 Å². The topological polar surface area (TPSA) is 74.4 Å². The predicted molar refractivity (Wildman–Crippen MR) is 114 cm³/mol. The Balaban J connectivity index is 1.64. The molecule has 1 N–H and O–H groups in total. The van der Waals surface area contributed by atoms with Crippen LogP contribution >= 0.6 is 0 Å². The van der Waals surface area contributed by atoms with Crippen molar-refractivity contribution >= 4 is 22.9 Å². The van der Waals surface area contributed by atoms with Crippen molar-refractivity contribution in [3.05, 3.63) is 42.6 Å². The number of carbonyl (C=O) groups excluding carboxylic acids is 1. The number of nitrogens with one attached hydrogen (secondary N) is 1. The number of rotatable bonds is 2. The minimum atomic E-state index is -0.535. The van der Waals surface area contributed by atoms with Crippen molar-refractivity contribution in [3.8, 4) is 11.1 Å². The Labute approximate surface area is 174 Å². The second kappa shape index (κ2) is 7.59. The van der Waals surface area contributed by atoms with Gasteiger partial charge in [-0.1, -0.05) is 18.2 Å². The second-order valence-electron chi connectivity index (χ2n) is 8.57. The van der Waals surface area contributed by atoms with Gasteiger partial charge < -0.3 is 19.5 Å². The maximum atomic E-state index is 14.5. The number of aromatic amines is 1. The van der Waals surface area contributed by atoms with Crippen LogP contribution in [0.3, 0.4) is 0 Å². The number of hydrogen-bond acceptors (Lipinski definition) is 5. The molecule has 0 aliphatic carbocycles. The molecule has 2 aromatic heterocycles. The first kappa shape index (κ1) is 20.1. The highest BCUT2D eigenvalue weighted by molar-refractivity contribution is 6.01. The van der Waals surface area contributed by atoms with Gasteiger partial charge in [0.2, 0.25) is 0 Å². The zero-order valence-corrected chi connectivity index (χ0v) is 17.6. The number of benzene rings is 1. The number of anilines is 1. The first-order chi connectivity index (χ1) is 14.2. The van der Waals surface area contributed by atoms with Gasteiger partial charge in [-0.15, -0.1) is 0 Å². The Bertz CT molecular complexity index is 1070. The molecule has 0 saturated carbocycles. The van der Waals surface area contributed by atoms with Gasteiger partial charge in [-0.2, -0.15) is 0 Å². The monoisotopic (exact) mass is 411 g/mol. The Morgan fingerprint density at radius 2 is 1.97 bits per heavy atom. The number of fused-ring (bicyclic) bond motifs is 1. The number of halogens is 1. The summed E-state index contributed by atoms with van der Waals surface area (Å²) in [6.45, 7) is 9.27. The fourth-order valence-corrected chi connectivity index (χ4v) is 3.82. The van der Waals surface area contributed by atoms with Gasteiger partial charge in [-0.05, 0) is 33.8 Å². The highest BCUT2D eigenvalue weighted by atomic mass is 19.1. The van der Waals surface area contributed by atoms with Crippen LogP contribution in [-0.2, 0) is 4.74 Å². The zero-order valence-electron chi connectivity index (χ0n) is 17.6. The largest absolute Gasteiger partial charge is 0.444 e. The number of H-pyrrole nitrogens is 1. The molecule has 1 aliphatic rings. The third-order valence-corrected chi connectivity index (χ3v) is 5.17. The van der Waals surface area contributed by atoms with Crippen molar-refractivity contribution < 1.29 is 13.9 Å². The van der Waals surface area contributed by atoms with E-state index in [0.717, 1.165) is 16.8 Å². The number of nitrogens with zero attached hydrogens (tertiary/aromatic N) is 4. The van der Waals surface area contributed by atoms with Gasteiger partial charge in [0.1, 0.15) is 29.2 Å². The number of piperazine rings is 1. The van der Waals surface area contributed by atoms with E-state index in [4.69, 9.17) is 4.74 Å². The van der Waals surface area contributed by atoms with Crippen LogP contribution in [0.25, 0.3) is 22.2 Å². The van der Waals surface area contributed by atoms with E-state index in [2.05, 4.69) is 19.9 Å². The van der Waals surface area contributed by atoms with Crippen molar-refractivity contribution in [2.75, 3.05) is 24.5 Å². The lowest BCUT2D eigenvalue weighted by Gasteiger charge is -2.40. The molecule has 1 fully saturated rings. The van der Waals surface area contributed by atoms with Crippen LogP contribution in [0.5, 0.6) is 0 Å². The van der Waals surface area contributed by atoms with Crippen LogP contribution in [0.2, 0.25) is 0 Å². The van der Waals surface area contributed by atoms with Gasteiger partial charge in [-0.25, -0.2) is 19.2 Å². The highest BCUT2D eigenvalue weighted by Gasteiger charge is 2.32. The van der Waals surface area contributed by atoms with Gasteiger partial charge >= 0.3 is 6.09 Å². The van der Waals surface area contributed by atoms with E-state index in [9.17, 15) is 9.18 Å². The average molecular weight is 411 g/mol. The Hall–Kier alpha value is -3.16. The van der Waals surface area contributed by atoms with Crippen molar-refractivity contribution in [1.82, 2.24) is 19.9 Å². The lowest BCUT2D eigenvalue weighted by Crippen LogP contribution is -2.55. The van der Waals surface area contributed by atoms with Crippen LogP contribution in [0.1, 0.15) is 27.7 Å². The first-order valence-corrected chi connectivity index (χ1v) is 10.1. The number of aromatic nitrogens is 3. The molecule has 1 aromatic carbocycles. The SMILES string of the molecule is CC1CN(c2ncnc3[nH]cc(-c4ccccc4F)c23)CCN1C(=O)OC(C)(C)C. The minimum absolute atomic E-state index is 0.0607. The van der Waals surface area contributed by atoms with Crippen LogP contribution in [0, 0.1) is 5.82 Å². The summed E-state index contributed by atoms with van der Waals surface area (Å²) < 4.78 is 20.0. The van der Waals surface area contributed by atoms with E-state index >= 15 is 0 Å². The smallest absolute Gasteiger partial charge is 0.410 e. The molecule has 30 heavy (non-hydrogen) atoms. The summed E-state index contributed by atoms with van der Waals surface area (Å²) in [4.78, 5) is 28.4. The van der Waals surface area contributed by atoms with Crippen LogP contribution in [0.15, 0.2) is 36.8 Å². The quantitative estimate of drug-likeness (QED) is 0.684. The fraction of sp³-hybridized carbons (Fsp3) is 0.409. The second-order valence-corrected chi connectivity index (χ2v) is 8.57. The van der Waals surface area contributed by atoms with E-state index in [1.165, 1.54) is 12.4 Å². The van der Waals surface area contributed by atoms with Gasteiger partial charge in [0.25, 0.3) is 0 Å². The number of amides is 1. The summed E-state index contributed by atoms with van der Waals surface area (Å²) in [5.74, 6) is 0.437. The molecule has 0 radical (unpaired) electrons. The van der Waals surface area contributed by atoms with Crippen molar-refractivity contribution in [1.29, 1.82) is 0 Å². The summed E-state index contributed by atoms with van der Waals surface area (Å²) in [5.41, 5.74) is 1.34. The van der Waals surface area contributed by atoms with Gasteiger partial charge in [-0.3, -0.25) is 0 Å². The van der Waals surface area contributed by atoms with Gasteiger partial charge in [0, 0.05) is 43.0 Å². The highest BCUT2D eigenvalue weighted by Crippen LogP contribution is 2.35. The number of hydrogen-bond donors (Lipinski definition) is 1. The maximum absolute atomic E-state index is 14.5. The molecule has 0 bridgehead atoms. The third-order valence-electron chi connectivity index (χ3n) is 5.17. The summed E-state index contributed by atoms with van der Waals surface area (Å²) in [7, 11) is 0. The molecule has 158 valence electrons. The lowest BCUT2D eigenvalue weighted by atomic mass is 10.0. The van der Waals surface area contributed by atoms with Crippen LogP contribution < -0.4 is 4.90 Å². The molecule has 3 aromatic rings. The molecule has 7 nitrogen and oxygen atoms in total. The molecule has 3 heterocycles. The number of carbonyl (C=O) groups is 1. The molecule has 8 heteroatoms. The summed E-state index contributed by atoms with van der Waals surface area (Å²) in [6, 6.07) is 6.61. The van der Waals surface area contributed by atoms with Crippen LogP contribution in [-0.4, -0.2) is 57.2 Å². The lowest BCUT2D eigenvalue weighted by molar-refractivity contribution is 0.0159. The third kappa shape index (κ3) is 3.81. The molecular formula is C22H26FN5O2. The first-order valence-electron chi connectivity index (χ1n) is 10.1. The van der Waals surface area contributed by atoms with Crippen LogP contribution in [0.4, 0.5) is 15.0 Å². The maximum Gasteiger partial charge on any atom is 0.410 e. The summed E-state index contributed by atoms with van der Waals surface area (Å²) >= 11 is 0. The summed E-state index contributed by atoms with van der Waals surface area (Å²) in [6.07, 6.45) is 2.96. The Morgan fingerprint density at radius 1 is 1.20 bits per heavy atom. The van der Waals surface area contributed by atoms with E-state index in [1.807, 2.05) is 33.8 Å². The molecule has 1 aliphatic heterocycles. The van der Waals surface area contributed by atoms with Crippen molar-refractivity contribution in [2.45, 2.75) is 39.3 Å². The summed E-state index contributed by atoms with van der Waals surface area (Å²) in [5, 5.41) is 0.778. The molecule has 1 atom stereocenters. The van der Waals surface area contributed by atoms with Crippen molar-refractivity contribution in [2.24, 2.45) is 0 Å². The molecule has 1 amide bonds. The molecule has 1 unspecified atom stereocenters. The van der Waals surface area contributed by atoms with E-state index in [1.54, 1.807) is 23.2 Å². The minimum Gasteiger partial charge on any atom is -0.444 e. The van der Waals surface area contributed by atoms with Gasteiger partial charge in [0.05, 0.1) is 5.39 Å². The molecule has 4 rings (SSSR count). The Kier molecular flexibility index (Phi) is 5.09. The van der Waals surface area contributed by atoms with E-state index in [-0.39, 0.29) is 18.0 Å². The standard InChI is InChI=1S/C22H26FN5O2/c1-14-12-27(9-10-28(14)21(29)30-22(2,3)4)20-18-16(11-24-19(18)25-13-26-20)15-7-5-6-8-17(15)23/h5-8,11,13-14H,9-10,12H2,1-4H3,(H,24,25,26). The molecular weight excluding hydrogens is 385 g/mol. The normalized spacial score (nSPS) is 17.4. The zero-order chi connectivity index (χ0) is 21.5. The van der Waals surface area contributed by atoms with Crippen molar-refractivity contribution in [3.63, 3.8) is 0 Å².